The summed E-state index contributed by atoms with van der Waals surface area (Å²) in [6.07, 6.45) is 1.75. The van der Waals surface area contributed by atoms with Crippen LogP contribution in [0.3, 0.4) is 0 Å². The Kier molecular flexibility index (Phi) is 4.87. The fraction of sp³-hybridized carbons (Fsp3) is 0.562. The van der Waals surface area contributed by atoms with Gasteiger partial charge in [0.05, 0.1) is 26.5 Å². The molecule has 1 N–H and O–H groups in total. The lowest BCUT2D eigenvalue weighted by atomic mass is 10.1. The van der Waals surface area contributed by atoms with Crippen LogP contribution >= 0.6 is 11.8 Å². The molecule has 2 amide bonds. The van der Waals surface area contributed by atoms with Crippen molar-refractivity contribution in [2.75, 3.05) is 45.0 Å². The van der Waals surface area contributed by atoms with Gasteiger partial charge in [0.25, 0.3) is 0 Å². The second-order valence-corrected chi connectivity index (χ2v) is 7.01. The molecule has 1 spiro atoms. The third-order valence-corrected chi connectivity index (χ3v) is 5.69. The molecule has 2 aliphatic heterocycles. The lowest BCUT2D eigenvalue weighted by molar-refractivity contribution is 0.0105. The van der Waals surface area contributed by atoms with Crippen molar-refractivity contribution in [2.24, 2.45) is 0 Å². The summed E-state index contributed by atoms with van der Waals surface area (Å²) in [6.45, 7) is 2.22. The van der Waals surface area contributed by atoms with E-state index in [1.165, 1.54) is 0 Å². The predicted molar refractivity (Wildman–Crippen MR) is 90.5 cm³/mol. The number of amides is 2. The fourth-order valence-corrected chi connectivity index (χ4v) is 4.19. The van der Waals surface area contributed by atoms with Gasteiger partial charge in [0.15, 0.2) is 11.5 Å². The maximum Gasteiger partial charge on any atom is 0.321 e. The predicted octanol–water partition coefficient (Wildman–Crippen LogP) is 2.79. The van der Waals surface area contributed by atoms with Crippen LogP contribution in [-0.2, 0) is 4.74 Å². The van der Waals surface area contributed by atoms with Crippen LogP contribution in [0.2, 0.25) is 0 Å². The van der Waals surface area contributed by atoms with Crippen LogP contribution in [0, 0.1) is 0 Å². The number of ether oxygens (including phenoxy) is 3. The summed E-state index contributed by atoms with van der Waals surface area (Å²) in [4.78, 5) is 14.3. The van der Waals surface area contributed by atoms with E-state index in [1.54, 1.807) is 26.4 Å². The molecule has 1 aromatic carbocycles. The number of carbonyl (C=O) groups is 1. The molecule has 0 radical (unpaired) electrons. The van der Waals surface area contributed by atoms with Gasteiger partial charge in [0, 0.05) is 31.7 Å². The highest BCUT2D eigenvalue weighted by Crippen LogP contribution is 2.41. The molecule has 0 unspecified atom stereocenters. The van der Waals surface area contributed by atoms with Crippen molar-refractivity contribution in [1.82, 2.24) is 4.90 Å². The van der Waals surface area contributed by atoms with E-state index in [0.29, 0.717) is 30.3 Å². The molecule has 3 rings (SSSR count). The first-order chi connectivity index (χ1) is 11.2. The molecular weight excluding hydrogens is 316 g/mol. The number of para-hydroxylation sites is 1. The number of likely N-dealkylation sites (tertiary alicyclic amines) is 1. The zero-order valence-electron chi connectivity index (χ0n) is 13.5. The third kappa shape index (κ3) is 3.35. The largest absolute Gasteiger partial charge is 0.493 e. The van der Waals surface area contributed by atoms with E-state index in [-0.39, 0.29) is 11.0 Å². The first-order valence-electron chi connectivity index (χ1n) is 7.72. The van der Waals surface area contributed by atoms with E-state index in [9.17, 15) is 4.79 Å². The number of piperidine rings is 1. The molecule has 1 aromatic rings. The molecule has 2 heterocycles. The number of nitrogens with zero attached hydrogens (tertiary/aromatic N) is 1. The van der Waals surface area contributed by atoms with E-state index in [0.717, 1.165) is 25.2 Å². The molecular formula is C16H22N2O4S. The number of thioether (sulfide) groups is 1. The molecule has 2 saturated heterocycles. The number of hydrogen-bond acceptors (Lipinski definition) is 5. The SMILES string of the molecule is COc1cccc(NC(=O)N2CCC3(CC2)OCCS3)c1OC. The number of benzene rings is 1. The first kappa shape index (κ1) is 16.3. The van der Waals surface area contributed by atoms with Crippen LogP contribution in [0.25, 0.3) is 0 Å². The normalized spacial score (nSPS) is 19.7. The Bertz CT molecular complexity index is 565. The van der Waals surface area contributed by atoms with Gasteiger partial charge in [-0.05, 0) is 12.1 Å². The maximum atomic E-state index is 12.5. The van der Waals surface area contributed by atoms with Crippen LogP contribution in [0.5, 0.6) is 11.5 Å². The standard InChI is InChI=1S/C16H22N2O4S/c1-20-13-5-3-4-12(14(13)21-2)17-15(19)18-8-6-16(7-9-18)22-10-11-23-16/h3-5H,6-11H2,1-2H3,(H,17,19). The molecule has 0 saturated carbocycles. The molecule has 0 bridgehead atoms. The van der Waals surface area contributed by atoms with Gasteiger partial charge in [-0.2, -0.15) is 0 Å². The summed E-state index contributed by atoms with van der Waals surface area (Å²) in [5.41, 5.74) is 0.614. The minimum Gasteiger partial charge on any atom is -0.493 e. The molecule has 126 valence electrons. The quantitative estimate of drug-likeness (QED) is 0.918. The van der Waals surface area contributed by atoms with Crippen molar-refractivity contribution in [3.05, 3.63) is 18.2 Å². The van der Waals surface area contributed by atoms with E-state index in [2.05, 4.69) is 5.32 Å². The van der Waals surface area contributed by atoms with E-state index in [4.69, 9.17) is 14.2 Å². The minimum absolute atomic E-state index is 0.0650. The average Bonchev–Trinajstić information content (AvgIpc) is 3.03. The lowest BCUT2D eigenvalue weighted by Gasteiger charge is -2.37. The Morgan fingerprint density at radius 2 is 2.09 bits per heavy atom. The van der Waals surface area contributed by atoms with Crippen LogP contribution in [0.15, 0.2) is 18.2 Å². The zero-order chi connectivity index (χ0) is 16.3. The molecule has 0 aromatic heterocycles. The molecule has 23 heavy (non-hydrogen) atoms. The van der Waals surface area contributed by atoms with Crippen molar-refractivity contribution in [1.29, 1.82) is 0 Å². The maximum absolute atomic E-state index is 12.5. The molecule has 7 heteroatoms. The van der Waals surface area contributed by atoms with E-state index in [1.807, 2.05) is 22.7 Å². The van der Waals surface area contributed by atoms with Crippen molar-refractivity contribution in [3.8, 4) is 11.5 Å². The van der Waals surface area contributed by atoms with Gasteiger partial charge in [-0.1, -0.05) is 6.07 Å². The number of anilines is 1. The summed E-state index contributed by atoms with van der Waals surface area (Å²) < 4.78 is 16.5. The summed E-state index contributed by atoms with van der Waals surface area (Å²) >= 11 is 1.88. The summed E-state index contributed by atoms with van der Waals surface area (Å²) in [7, 11) is 3.14. The van der Waals surface area contributed by atoms with E-state index >= 15 is 0 Å². The Labute approximate surface area is 140 Å². The summed E-state index contributed by atoms with van der Waals surface area (Å²) in [5, 5.41) is 2.92. The number of urea groups is 1. The highest BCUT2D eigenvalue weighted by atomic mass is 32.2. The van der Waals surface area contributed by atoms with E-state index < -0.39 is 0 Å². The van der Waals surface area contributed by atoms with Gasteiger partial charge in [0.1, 0.15) is 4.93 Å². The van der Waals surface area contributed by atoms with Gasteiger partial charge in [-0.15, -0.1) is 11.8 Å². The summed E-state index contributed by atoms with van der Waals surface area (Å²) in [6, 6.07) is 5.31. The van der Waals surface area contributed by atoms with Gasteiger partial charge in [-0.3, -0.25) is 0 Å². The van der Waals surface area contributed by atoms with Gasteiger partial charge >= 0.3 is 6.03 Å². The minimum atomic E-state index is -0.116. The molecule has 2 aliphatic rings. The third-order valence-electron chi connectivity index (χ3n) is 4.27. The Balaban J connectivity index is 1.64. The number of rotatable bonds is 3. The highest BCUT2D eigenvalue weighted by Gasteiger charge is 2.40. The van der Waals surface area contributed by atoms with Crippen LogP contribution in [0.4, 0.5) is 10.5 Å². The fourth-order valence-electron chi connectivity index (χ4n) is 3.02. The molecule has 6 nitrogen and oxygen atoms in total. The van der Waals surface area contributed by atoms with Gasteiger partial charge in [0.2, 0.25) is 0 Å². The number of hydrogen-bond donors (Lipinski definition) is 1. The highest BCUT2D eigenvalue weighted by molar-refractivity contribution is 8.00. The van der Waals surface area contributed by atoms with Crippen LogP contribution < -0.4 is 14.8 Å². The second kappa shape index (κ2) is 6.88. The zero-order valence-corrected chi connectivity index (χ0v) is 14.3. The van der Waals surface area contributed by atoms with Crippen molar-refractivity contribution < 1.29 is 19.0 Å². The van der Waals surface area contributed by atoms with Crippen LogP contribution in [0.1, 0.15) is 12.8 Å². The van der Waals surface area contributed by atoms with Crippen molar-refractivity contribution in [2.45, 2.75) is 17.8 Å². The topological polar surface area (TPSA) is 60.0 Å². The van der Waals surface area contributed by atoms with Crippen LogP contribution in [-0.4, -0.2) is 55.5 Å². The number of nitrogens with one attached hydrogen (secondary N) is 1. The average molecular weight is 338 g/mol. The van der Waals surface area contributed by atoms with Gasteiger partial charge < -0.3 is 24.4 Å². The smallest absolute Gasteiger partial charge is 0.321 e. The van der Waals surface area contributed by atoms with Crippen molar-refractivity contribution in [3.63, 3.8) is 0 Å². The lowest BCUT2D eigenvalue weighted by Crippen LogP contribution is -2.46. The van der Waals surface area contributed by atoms with Gasteiger partial charge in [-0.25, -0.2) is 4.79 Å². The Hall–Kier alpha value is -1.60. The first-order valence-corrected chi connectivity index (χ1v) is 8.71. The molecule has 0 atom stereocenters. The number of methoxy groups -OCH3 is 2. The monoisotopic (exact) mass is 338 g/mol. The Morgan fingerprint density at radius 3 is 2.70 bits per heavy atom. The Morgan fingerprint density at radius 1 is 1.30 bits per heavy atom. The molecule has 2 fully saturated rings. The number of carbonyl (C=O) groups excluding carboxylic acids is 1. The second-order valence-electron chi connectivity index (χ2n) is 5.57. The summed E-state index contributed by atoms with van der Waals surface area (Å²) in [5.74, 6) is 2.18. The van der Waals surface area contributed by atoms with Crippen molar-refractivity contribution >= 4 is 23.5 Å². The molecule has 0 aliphatic carbocycles.